The monoisotopic (exact) mass is 485 g/mol. The third-order valence-corrected chi connectivity index (χ3v) is 7.39. The second-order valence-corrected chi connectivity index (χ2v) is 9.76. The van der Waals surface area contributed by atoms with Gasteiger partial charge in [-0.2, -0.15) is 0 Å². The van der Waals surface area contributed by atoms with Gasteiger partial charge >= 0.3 is 0 Å². The molecule has 37 heavy (non-hydrogen) atoms. The highest BCUT2D eigenvalue weighted by Crippen LogP contribution is 2.40. The van der Waals surface area contributed by atoms with Crippen molar-refractivity contribution in [2.24, 2.45) is 0 Å². The van der Waals surface area contributed by atoms with Crippen molar-refractivity contribution < 1.29 is 0 Å². The summed E-state index contributed by atoms with van der Waals surface area (Å²) in [6.45, 7) is 0.851. The molecule has 7 nitrogen and oxygen atoms in total. The zero-order chi connectivity index (χ0) is 24.8. The molecular weight excluding hydrogens is 458 g/mol. The lowest BCUT2D eigenvalue weighted by Crippen LogP contribution is -2.40. The molecule has 7 rings (SSSR count). The minimum absolute atomic E-state index is 0.368. The number of H-pyrrole nitrogens is 1. The Morgan fingerprint density at radius 1 is 0.946 bits per heavy atom. The number of pyridine rings is 1. The van der Waals surface area contributed by atoms with E-state index in [1.54, 1.807) is 6.20 Å². The number of anilines is 1. The Balaban J connectivity index is 1.22. The average molecular weight is 486 g/mol. The van der Waals surface area contributed by atoms with E-state index in [1.807, 2.05) is 36.7 Å². The lowest BCUT2D eigenvalue weighted by molar-refractivity contribution is 0.279. The van der Waals surface area contributed by atoms with Gasteiger partial charge in [-0.05, 0) is 37.1 Å². The molecule has 4 heterocycles. The van der Waals surface area contributed by atoms with Gasteiger partial charge in [0.25, 0.3) is 0 Å². The summed E-state index contributed by atoms with van der Waals surface area (Å²) in [5, 5.41) is 4.74. The summed E-state index contributed by atoms with van der Waals surface area (Å²) in [7, 11) is 0. The predicted octanol–water partition coefficient (Wildman–Crippen LogP) is 5.56. The lowest BCUT2D eigenvalue weighted by Gasteiger charge is -2.35. The molecule has 0 spiro atoms. The van der Waals surface area contributed by atoms with Gasteiger partial charge in [0.1, 0.15) is 22.9 Å². The number of rotatable bonds is 6. The molecule has 4 N–H and O–H groups in total. The number of fused-ring (bicyclic) bond motifs is 2. The molecule has 4 aromatic heterocycles. The number of nitrogens with zero attached hydrogens (tertiary/aromatic N) is 4. The van der Waals surface area contributed by atoms with Crippen LogP contribution in [0.15, 0.2) is 91.4 Å². The van der Waals surface area contributed by atoms with E-state index >= 15 is 0 Å². The highest BCUT2D eigenvalue weighted by molar-refractivity contribution is 5.91. The van der Waals surface area contributed by atoms with E-state index in [0.717, 1.165) is 64.1 Å². The van der Waals surface area contributed by atoms with Crippen LogP contribution in [0.1, 0.15) is 30.3 Å². The van der Waals surface area contributed by atoms with E-state index in [9.17, 15) is 0 Å². The maximum absolute atomic E-state index is 6.41. The van der Waals surface area contributed by atoms with Crippen molar-refractivity contribution in [1.82, 2.24) is 29.7 Å². The molecule has 2 aromatic carbocycles. The SMILES string of the molecule is Nc1nccn2c(C3CC(NCc4ccc[nH]4)C3)nc(-c3ccc4ccc(-c5ccccc5)nc4c3)c12. The third-order valence-electron chi connectivity index (χ3n) is 7.39. The van der Waals surface area contributed by atoms with Crippen LogP contribution in [0.2, 0.25) is 0 Å². The molecule has 182 valence electrons. The normalized spacial score (nSPS) is 17.3. The van der Waals surface area contributed by atoms with Crippen molar-refractivity contribution in [3.05, 3.63) is 103 Å². The van der Waals surface area contributed by atoms with E-state index in [4.69, 9.17) is 15.7 Å². The van der Waals surface area contributed by atoms with E-state index in [0.29, 0.717) is 17.8 Å². The Morgan fingerprint density at radius 2 is 1.81 bits per heavy atom. The topological polar surface area (TPSA) is 96.9 Å². The van der Waals surface area contributed by atoms with Crippen LogP contribution in [0.4, 0.5) is 5.82 Å². The van der Waals surface area contributed by atoms with Gasteiger partial charge in [0.15, 0.2) is 0 Å². The number of imidazole rings is 1. The molecular formula is C30H27N7. The van der Waals surface area contributed by atoms with Gasteiger partial charge in [0.2, 0.25) is 0 Å². The smallest absolute Gasteiger partial charge is 0.150 e. The summed E-state index contributed by atoms with van der Waals surface area (Å²) in [6.07, 6.45) is 7.78. The maximum atomic E-state index is 6.41. The Kier molecular flexibility index (Phi) is 5.22. The van der Waals surface area contributed by atoms with Crippen LogP contribution in [-0.2, 0) is 6.54 Å². The summed E-state index contributed by atoms with van der Waals surface area (Å²) in [4.78, 5) is 17.8. The van der Waals surface area contributed by atoms with Gasteiger partial charge in [-0.15, -0.1) is 0 Å². The largest absolute Gasteiger partial charge is 0.382 e. The predicted molar refractivity (Wildman–Crippen MR) is 147 cm³/mol. The summed E-state index contributed by atoms with van der Waals surface area (Å²) in [6, 6.07) is 25.4. The number of benzene rings is 2. The fourth-order valence-corrected chi connectivity index (χ4v) is 5.34. The fourth-order valence-electron chi connectivity index (χ4n) is 5.34. The van der Waals surface area contributed by atoms with Gasteiger partial charge in [-0.1, -0.05) is 48.5 Å². The minimum atomic E-state index is 0.368. The van der Waals surface area contributed by atoms with Crippen molar-refractivity contribution in [3.63, 3.8) is 0 Å². The Hall–Kier alpha value is -4.49. The minimum Gasteiger partial charge on any atom is -0.382 e. The van der Waals surface area contributed by atoms with E-state index in [2.05, 4.69) is 68.2 Å². The van der Waals surface area contributed by atoms with Gasteiger partial charge in [0, 0.05) is 59.3 Å². The van der Waals surface area contributed by atoms with Gasteiger partial charge in [-0.3, -0.25) is 4.40 Å². The van der Waals surface area contributed by atoms with Gasteiger partial charge < -0.3 is 16.0 Å². The highest BCUT2D eigenvalue weighted by atomic mass is 15.1. The third kappa shape index (κ3) is 3.93. The maximum Gasteiger partial charge on any atom is 0.150 e. The first kappa shape index (κ1) is 21.8. The molecule has 6 aromatic rings. The molecule has 7 heteroatoms. The molecule has 1 aliphatic carbocycles. The molecule has 0 unspecified atom stereocenters. The zero-order valence-electron chi connectivity index (χ0n) is 20.3. The quantitative estimate of drug-likeness (QED) is 0.287. The number of nitrogen functional groups attached to an aromatic ring is 1. The molecule has 0 aliphatic heterocycles. The van der Waals surface area contributed by atoms with Crippen LogP contribution < -0.4 is 11.1 Å². The van der Waals surface area contributed by atoms with Crippen LogP contribution in [0.3, 0.4) is 0 Å². The molecule has 1 saturated carbocycles. The number of nitrogens with one attached hydrogen (secondary N) is 2. The van der Waals surface area contributed by atoms with Crippen molar-refractivity contribution >= 4 is 22.2 Å². The first-order valence-electron chi connectivity index (χ1n) is 12.7. The van der Waals surface area contributed by atoms with E-state index < -0.39 is 0 Å². The summed E-state index contributed by atoms with van der Waals surface area (Å²) in [5.74, 6) is 1.90. The van der Waals surface area contributed by atoms with E-state index in [-0.39, 0.29) is 0 Å². The fraction of sp³-hybridized carbons (Fsp3) is 0.167. The van der Waals surface area contributed by atoms with Crippen molar-refractivity contribution in [3.8, 4) is 22.5 Å². The Morgan fingerprint density at radius 3 is 2.65 bits per heavy atom. The highest BCUT2D eigenvalue weighted by Gasteiger charge is 2.34. The Labute approximate surface area is 214 Å². The van der Waals surface area contributed by atoms with Crippen molar-refractivity contribution in [1.29, 1.82) is 0 Å². The van der Waals surface area contributed by atoms with Crippen LogP contribution >= 0.6 is 0 Å². The second kappa shape index (κ2) is 8.87. The average Bonchev–Trinajstić information content (AvgIpc) is 3.57. The molecule has 0 atom stereocenters. The van der Waals surface area contributed by atoms with Crippen LogP contribution in [-0.4, -0.2) is 30.4 Å². The number of aromatic amines is 1. The lowest BCUT2D eigenvalue weighted by atomic mass is 9.79. The number of nitrogens with two attached hydrogens (primary N) is 1. The van der Waals surface area contributed by atoms with Crippen LogP contribution in [0, 0.1) is 0 Å². The van der Waals surface area contributed by atoms with E-state index in [1.165, 1.54) is 5.69 Å². The van der Waals surface area contributed by atoms with Crippen LogP contribution in [0.25, 0.3) is 38.9 Å². The number of hydrogen-bond donors (Lipinski definition) is 3. The number of aromatic nitrogens is 5. The Bertz CT molecular complexity index is 1700. The first-order chi connectivity index (χ1) is 18.2. The standard InChI is InChI=1S/C30H27N7/c31-29-28-27(21-9-8-20-10-11-25(35-26(20)17-21)19-5-2-1-3-6-19)36-30(37(28)14-13-33-29)22-15-24(16-22)34-18-23-7-4-12-32-23/h1-14,17,22,24,32,34H,15-16,18H2,(H2,31,33). The molecule has 1 fully saturated rings. The molecule has 0 bridgehead atoms. The van der Waals surface area contributed by atoms with Gasteiger partial charge in [0.05, 0.1) is 11.2 Å². The van der Waals surface area contributed by atoms with Crippen LogP contribution in [0.5, 0.6) is 0 Å². The van der Waals surface area contributed by atoms with Crippen molar-refractivity contribution in [2.75, 3.05) is 5.73 Å². The molecule has 0 radical (unpaired) electrons. The van der Waals surface area contributed by atoms with Gasteiger partial charge in [-0.25, -0.2) is 15.0 Å². The van der Waals surface area contributed by atoms with Crippen molar-refractivity contribution in [2.45, 2.75) is 31.3 Å². The summed E-state index contributed by atoms with van der Waals surface area (Å²) in [5.41, 5.74) is 13.3. The first-order valence-corrected chi connectivity index (χ1v) is 12.7. The molecule has 0 amide bonds. The second-order valence-electron chi connectivity index (χ2n) is 9.76. The number of hydrogen-bond acceptors (Lipinski definition) is 5. The summed E-state index contributed by atoms with van der Waals surface area (Å²) >= 11 is 0. The summed E-state index contributed by atoms with van der Waals surface area (Å²) < 4.78 is 2.13. The molecule has 0 saturated heterocycles. The molecule has 1 aliphatic rings. The zero-order valence-corrected chi connectivity index (χ0v) is 20.3.